The molecule has 8 nitrogen and oxygen atoms in total. The van der Waals surface area contributed by atoms with E-state index < -0.39 is 12.2 Å². The Hall–Kier alpha value is -1.68. The van der Waals surface area contributed by atoms with E-state index in [1.54, 1.807) is 34.1 Å². The van der Waals surface area contributed by atoms with Gasteiger partial charge in [-0.3, -0.25) is 14.5 Å². The van der Waals surface area contributed by atoms with Gasteiger partial charge in [-0.25, -0.2) is 0 Å². The standard InChI is InChI=1S/C23H31Cl2N3O5/c24-20-3-1-16(11-21(20)25)2-4-22(32)26-8-6-23(33)28(10-9-26)14-19(31)13-27-7-5-18(30)12-17(27)15-29/h1-4,11,17-19,29-31H,5-10,12-15H2/b4-2+/t17-,18+,19?/m0/s1. The average Bonchev–Trinajstić information content (AvgIpc) is 2.97. The summed E-state index contributed by atoms with van der Waals surface area (Å²) in [5.41, 5.74) is 0.750. The molecule has 1 aromatic carbocycles. The summed E-state index contributed by atoms with van der Waals surface area (Å²) < 4.78 is 0. The highest BCUT2D eigenvalue weighted by atomic mass is 35.5. The Balaban J connectivity index is 1.51. The van der Waals surface area contributed by atoms with E-state index in [0.29, 0.717) is 55.6 Å². The molecule has 2 heterocycles. The summed E-state index contributed by atoms with van der Waals surface area (Å²) in [4.78, 5) is 30.4. The second-order valence-corrected chi connectivity index (χ2v) is 9.40. The predicted molar refractivity (Wildman–Crippen MR) is 127 cm³/mol. The number of halogens is 2. The normalized spacial score (nSPS) is 23.7. The molecule has 0 saturated carbocycles. The van der Waals surface area contributed by atoms with Crippen LogP contribution in [0.1, 0.15) is 24.8 Å². The number of carbonyl (C=O) groups excluding carboxylic acids is 2. The van der Waals surface area contributed by atoms with Gasteiger partial charge in [0.1, 0.15) is 0 Å². The molecule has 2 aliphatic rings. The molecule has 182 valence electrons. The van der Waals surface area contributed by atoms with Crippen LogP contribution < -0.4 is 0 Å². The van der Waals surface area contributed by atoms with Crippen molar-refractivity contribution < 1.29 is 24.9 Å². The Morgan fingerprint density at radius 3 is 2.67 bits per heavy atom. The molecule has 2 saturated heterocycles. The Morgan fingerprint density at radius 1 is 1.15 bits per heavy atom. The molecule has 10 heteroatoms. The fourth-order valence-electron chi connectivity index (χ4n) is 4.26. The molecule has 1 unspecified atom stereocenters. The smallest absolute Gasteiger partial charge is 0.246 e. The van der Waals surface area contributed by atoms with Crippen molar-refractivity contribution in [1.82, 2.24) is 14.7 Å². The summed E-state index contributed by atoms with van der Waals surface area (Å²) in [5.74, 6) is -0.306. The number of hydrogen-bond donors (Lipinski definition) is 3. The molecule has 1 aromatic rings. The van der Waals surface area contributed by atoms with Gasteiger partial charge in [0.05, 0.1) is 28.9 Å². The molecule has 0 aliphatic carbocycles. The van der Waals surface area contributed by atoms with Gasteiger partial charge in [0.25, 0.3) is 0 Å². The largest absolute Gasteiger partial charge is 0.395 e. The Labute approximate surface area is 204 Å². The van der Waals surface area contributed by atoms with Gasteiger partial charge in [0.15, 0.2) is 0 Å². The third kappa shape index (κ3) is 7.40. The second-order valence-electron chi connectivity index (χ2n) is 8.59. The van der Waals surface area contributed by atoms with Gasteiger partial charge in [-0.05, 0) is 36.6 Å². The molecule has 0 bridgehead atoms. The van der Waals surface area contributed by atoms with Crippen LogP contribution in [0.4, 0.5) is 0 Å². The number of carbonyl (C=O) groups is 2. The highest BCUT2D eigenvalue weighted by Gasteiger charge is 2.30. The van der Waals surface area contributed by atoms with Gasteiger partial charge in [0.2, 0.25) is 11.8 Å². The van der Waals surface area contributed by atoms with Crippen LogP contribution in [0.3, 0.4) is 0 Å². The maximum atomic E-state index is 12.6. The minimum atomic E-state index is -0.782. The molecular weight excluding hydrogens is 469 g/mol. The molecule has 3 rings (SSSR count). The molecule has 0 spiro atoms. The molecule has 33 heavy (non-hydrogen) atoms. The van der Waals surface area contributed by atoms with E-state index in [0.717, 1.165) is 5.56 Å². The van der Waals surface area contributed by atoms with Gasteiger partial charge in [-0.15, -0.1) is 0 Å². The summed E-state index contributed by atoms with van der Waals surface area (Å²) in [5, 5.41) is 30.8. The van der Waals surface area contributed by atoms with Crippen LogP contribution in [0.5, 0.6) is 0 Å². The van der Waals surface area contributed by atoms with Crippen molar-refractivity contribution >= 4 is 41.1 Å². The zero-order chi connectivity index (χ0) is 24.0. The third-order valence-corrected chi connectivity index (χ3v) is 6.90. The lowest BCUT2D eigenvalue weighted by Crippen LogP contribution is -2.51. The maximum absolute atomic E-state index is 12.6. The third-order valence-electron chi connectivity index (χ3n) is 6.16. The summed E-state index contributed by atoms with van der Waals surface area (Å²) in [6.45, 7) is 2.01. The number of aliphatic hydroxyl groups excluding tert-OH is 3. The summed E-state index contributed by atoms with van der Waals surface area (Å²) in [6.07, 6.45) is 3.15. The van der Waals surface area contributed by atoms with Crippen LogP contribution in [-0.2, 0) is 9.59 Å². The number of amides is 2. The number of nitrogens with zero attached hydrogens (tertiary/aromatic N) is 3. The summed E-state index contributed by atoms with van der Waals surface area (Å²) in [6, 6.07) is 4.90. The summed E-state index contributed by atoms with van der Waals surface area (Å²) in [7, 11) is 0. The number of benzene rings is 1. The molecule has 3 atom stereocenters. The van der Waals surface area contributed by atoms with Crippen LogP contribution >= 0.6 is 23.2 Å². The fourth-order valence-corrected chi connectivity index (χ4v) is 4.57. The van der Waals surface area contributed by atoms with Gasteiger partial charge >= 0.3 is 0 Å². The van der Waals surface area contributed by atoms with Gasteiger partial charge in [-0.2, -0.15) is 0 Å². The van der Waals surface area contributed by atoms with Crippen molar-refractivity contribution in [1.29, 1.82) is 0 Å². The number of rotatable bonds is 7. The van der Waals surface area contributed by atoms with Crippen molar-refractivity contribution in [2.75, 3.05) is 45.9 Å². The topological polar surface area (TPSA) is 105 Å². The zero-order valence-corrected chi connectivity index (χ0v) is 20.0. The van der Waals surface area contributed by atoms with Gasteiger partial charge < -0.3 is 25.1 Å². The predicted octanol–water partition coefficient (Wildman–Crippen LogP) is 1.25. The maximum Gasteiger partial charge on any atom is 0.246 e. The Morgan fingerprint density at radius 2 is 1.94 bits per heavy atom. The second kappa shape index (κ2) is 12.1. The van der Waals surface area contributed by atoms with Gasteiger partial charge in [-0.1, -0.05) is 29.3 Å². The molecule has 3 N–H and O–H groups in total. The van der Waals surface area contributed by atoms with E-state index >= 15 is 0 Å². The molecular formula is C23H31Cl2N3O5. The minimum Gasteiger partial charge on any atom is -0.395 e. The first kappa shape index (κ1) is 25.9. The molecule has 2 aliphatic heterocycles. The number of β-amino-alcohol motifs (C(OH)–C–C–N with tert-alkyl or cyclic N) is 1. The minimum absolute atomic E-state index is 0.0841. The Bertz CT molecular complexity index is 868. The van der Waals surface area contributed by atoms with Crippen LogP contribution in [0.25, 0.3) is 6.08 Å². The summed E-state index contributed by atoms with van der Waals surface area (Å²) >= 11 is 11.9. The van der Waals surface area contributed by atoms with Crippen molar-refractivity contribution in [3.05, 3.63) is 39.9 Å². The van der Waals surface area contributed by atoms with Gasteiger partial charge in [0, 0.05) is 57.8 Å². The van der Waals surface area contributed by atoms with E-state index in [1.807, 2.05) is 4.90 Å². The van der Waals surface area contributed by atoms with Crippen molar-refractivity contribution in [2.45, 2.75) is 37.5 Å². The van der Waals surface area contributed by atoms with E-state index in [9.17, 15) is 24.9 Å². The molecule has 2 fully saturated rings. The highest BCUT2D eigenvalue weighted by Crippen LogP contribution is 2.23. The zero-order valence-electron chi connectivity index (χ0n) is 18.4. The average molecular weight is 500 g/mol. The first-order chi connectivity index (χ1) is 15.8. The Kier molecular flexibility index (Phi) is 9.55. The molecule has 2 amide bonds. The number of likely N-dealkylation sites (tertiary alicyclic amines) is 1. The number of piperidine rings is 1. The van der Waals surface area contributed by atoms with Crippen molar-refractivity contribution in [3.63, 3.8) is 0 Å². The van der Waals surface area contributed by atoms with Crippen LogP contribution in [-0.4, -0.2) is 106 Å². The fraction of sp³-hybridized carbons (Fsp3) is 0.565. The lowest BCUT2D eigenvalue weighted by Gasteiger charge is -2.38. The first-order valence-electron chi connectivity index (χ1n) is 11.2. The molecule has 0 radical (unpaired) electrons. The lowest BCUT2D eigenvalue weighted by molar-refractivity contribution is -0.132. The van der Waals surface area contributed by atoms with E-state index in [4.69, 9.17) is 23.2 Å². The van der Waals surface area contributed by atoms with Crippen LogP contribution in [0.2, 0.25) is 10.0 Å². The molecule has 0 aromatic heterocycles. The van der Waals surface area contributed by atoms with E-state index in [1.165, 1.54) is 6.08 Å². The first-order valence-corrected chi connectivity index (χ1v) is 11.9. The monoisotopic (exact) mass is 499 g/mol. The SMILES string of the molecule is O=C(/C=C/c1ccc(Cl)c(Cl)c1)N1CCC(=O)N(CC(O)CN2CC[C@@H](O)C[C@H]2CO)CC1. The van der Waals surface area contributed by atoms with Crippen LogP contribution in [0.15, 0.2) is 24.3 Å². The highest BCUT2D eigenvalue weighted by molar-refractivity contribution is 6.42. The van der Waals surface area contributed by atoms with Crippen molar-refractivity contribution in [2.24, 2.45) is 0 Å². The number of aliphatic hydroxyl groups is 3. The van der Waals surface area contributed by atoms with E-state index in [2.05, 4.69) is 0 Å². The quantitative estimate of drug-likeness (QED) is 0.487. The number of hydrogen-bond acceptors (Lipinski definition) is 6. The van der Waals surface area contributed by atoms with E-state index in [-0.39, 0.29) is 37.4 Å². The lowest BCUT2D eigenvalue weighted by atomic mass is 9.99. The van der Waals surface area contributed by atoms with Crippen molar-refractivity contribution in [3.8, 4) is 0 Å². The van der Waals surface area contributed by atoms with Crippen LogP contribution in [0, 0.1) is 0 Å².